The summed E-state index contributed by atoms with van der Waals surface area (Å²) in [5.74, 6) is -1.01. The van der Waals surface area contributed by atoms with Gasteiger partial charge in [-0.15, -0.1) is 0 Å². The number of nitrogens with zero attached hydrogens (tertiary/aromatic N) is 1. The van der Waals surface area contributed by atoms with Crippen LogP contribution in [-0.4, -0.2) is 16.7 Å². The van der Waals surface area contributed by atoms with Gasteiger partial charge in [0, 0.05) is 28.4 Å². The van der Waals surface area contributed by atoms with E-state index >= 15 is 0 Å². The molecule has 0 radical (unpaired) electrons. The predicted molar refractivity (Wildman–Crippen MR) is 85.4 cm³/mol. The van der Waals surface area contributed by atoms with E-state index in [0.717, 1.165) is 0 Å². The lowest BCUT2D eigenvalue weighted by molar-refractivity contribution is -0.385. The molecule has 0 saturated heterocycles. The highest BCUT2D eigenvalue weighted by Crippen LogP contribution is 2.24. The van der Waals surface area contributed by atoms with Crippen molar-refractivity contribution in [2.24, 2.45) is 5.73 Å². The predicted octanol–water partition coefficient (Wildman–Crippen LogP) is 2.51. The number of carbonyl (C=O) groups is 2. The summed E-state index contributed by atoms with van der Waals surface area (Å²) in [7, 11) is 0. The van der Waals surface area contributed by atoms with E-state index in [-0.39, 0.29) is 5.69 Å². The lowest BCUT2D eigenvalue weighted by Crippen LogP contribution is -2.14. The van der Waals surface area contributed by atoms with Crippen LogP contribution < -0.4 is 11.1 Å². The summed E-state index contributed by atoms with van der Waals surface area (Å²) in [5, 5.41) is 13.6. The van der Waals surface area contributed by atoms with Crippen molar-refractivity contribution in [3.8, 4) is 0 Å². The number of carbonyl (C=O) groups excluding carboxylic acids is 2. The Hall–Kier alpha value is -3.22. The number of rotatable bonds is 5. The van der Waals surface area contributed by atoms with Gasteiger partial charge in [0.25, 0.3) is 11.6 Å². The van der Waals surface area contributed by atoms with Gasteiger partial charge in [-0.1, -0.05) is 13.0 Å². The van der Waals surface area contributed by atoms with E-state index in [1.807, 2.05) is 6.92 Å². The first kappa shape index (κ1) is 16.2. The van der Waals surface area contributed by atoms with Crippen molar-refractivity contribution >= 4 is 23.2 Å². The van der Waals surface area contributed by atoms with Crippen molar-refractivity contribution in [1.29, 1.82) is 0 Å². The summed E-state index contributed by atoms with van der Waals surface area (Å²) in [6.45, 7) is 1.82. The van der Waals surface area contributed by atoms with Crippen molar-refractivity contribution < 1.29 is 14.5 Å². The first-order chi connectivity index (χ1) is 10.9. The molecule has 2 amide bonds. The number of nitro benzene ring substituents is 1. The Balaban J connectivity index is 2.21. The fourth-order valence-corrected chi connectivity index (χ4v) is 2.10. The molecule has 0 heterocycles. The molecule has 2 aromatic rings. The van der Waals surface area contributed by atoms with Crippen molar-refractivity contribution in [2.45, 2.75) is 13.3 Å². The van der Waals surface area contributed by atoms with Crippen LogP contribution in [0.2, 0.25) is 0 Å². The molecule has 7 nitrogen and oxygen atoms in total. The number of nitrogens with two attached hydrogens (primary N) is 1. The maximum absolute atomic E-state index is 12.1. The van der Waals surface area contributed by atoms with Crippen LogP contribution >= 0.6 is 0 Å². The second-order valence-electron chi connectivity index (χ2n) is 4.85. The number of primary amides is 1. The summed E-state index contributed by atoms with van der Waals surface area (Å²) >= 11 is 0. The average Bonchev–Trinajstić information content (AvgIpc) is 2.54. The number of amides is 2. The van der Waals surface area contributed by atoms with Crippen LogP contribution in [0.5, 0.6) is 0 Å². The second-order valence-corrected chi connectivity index (χ2v) is 4.85. The maximum atomic E-state index is 12.1. The Bertz CT molecular complexity index is 769. The summed E-state index contributed by atoms with van der Waals surface area (Å²) in [5.41, 5.74) is 6.64. The van der Waals surface area contributed by atoms with Gasteiger partial charge >= 0.3 is 0 Å². The van der Waals surface area contributed by atoms with Crippen LogP contribution in [-0.2, 0) is 6.42 Å². The lowest BCUT2D eigenvalue weighted by atomic mass is 10.1. The minimum Gasteiger partial charge on any atom is -0.366 e. The lowest BCUT2D eigenvalue weighted by Gasteiger charge is -2.07. The molecule has 0 fully saturated rings. The average molecular weight is 313 g/mol. The van der Waals surface area contributed by atoms with E-state index < -0.39 is 16.7 Å². The summed E-state index contributed by atoms with van der Waals surface area (Å²) in [4.78, 5) is 33.7. The van der Waals surface area contributed by atoms with E-state index in [2.05, 4.69) is 5.32 Å². The zero-order chi connectivity index (χ0) is 17.0. The largest absolute Gasteiger partial charge is 0.366 e. The van der Waals surface area contributed by atoms with Crippen LogP contribution in [0.1, 0.15) is 33.2 Å². The van der Waals surface area contributed by atoms with Gasteiger partial charge in [-0.2, -0.15) is 0 Å². The molecule has 2 rings (SSSR count). The minimum absolute atomic E-state index is 0.0330. The van der Waals surface area contributed by atoms with Gasteiger partial charge in [0.2, 0.25) is 5.91 Å². The SMILES string of the molecule is CCc1ccc(NC(=O)c2ccc(C(N)=O)cc2)cc1[N+](=O)[O-]. The number of nitro groups is 1. The third kappa shape index (κ3) is 3.70. The molecule has 7 heteroatoms. The summed E-state index contributed by atoms with van der Waals surface area (Å²) < 4.78 is 0. The number of benzene rings is 2. The Kier molecular flexibility index (Phi) is 4.70. The van der Waals surface area contributed by atoms with E-state index in [4.69, 9.17) is 5.73 Å². The fourth-order valence-electron chi connectivity index (χ4n) is 2.10. The monoisotopic (exact) mass is 313 g/mol. The van der Waals surface area contributed by atoms with Crippen LogP contribution in [0, 0.1) is 10.1 Å². The van der Waals surface area contributed by atoms with Crippen LogP contribution in [0.4, 0.5) is 11.4 Å². The standard InChI is InChI=1S/C16H15N3O4/c1-2-10-7-8-13(9-14(10)19(22)23)18-16(21)12-5-3-11(4-6-12)15(17)20/h3-9H,2H2,1H3,(H2,17,20)(H,18,21). The highest BCUT2D eigenvalue weighted by atomic mass is 16.6. The zero-order valence-corrected chi connectivity index (χ0v) is 12.4. The smallest absolute Gasteiger partial charge is 0.274 e. The molecule has 0 aliphatic carbocycles. The highest BCUT2D eigenvalue weighted by molar-refractivity contribution is 6.05. The van der Waals surface area contributed by atoms with E-state index in [0.29, 0.717) is 28.8 Å². The Morgan fingerprint density at radius 2 is 1.74 bits per heavy atom. The molecule has 0 bridgehead atoms. The highest BCUT2D eigenvalue weighted by Gasteiger charge is 2.15. The number of nitrogens with one attached hydrogen (secondary N) is 1. The molecule has 2 aromatic carbocycles. The van der Waals surface area contributed by atoms with Crippen LogP contribution in [0.25, 0.3) is 0 Å². The molecular formula is C16H15N3O4. The second kappa shape index (κ2) is 6.69. The molecule has 0 aliphatic heterocycles. The molecule has 23 heavy (non-hydrogen) atoms. The minimum atomic E-state index is -0.581. The molecule has 0 aromatic heterocycles. The Morgan fingerprint density at radius 3 is 2.26 bits per heavy atom. The molecule has 0 unspecified atom stereocenters. The number of aryl methyl sites for hydroxylation is 1. The first-order valence-corrected chi connectivity index (χ1v) is 6.91. The van der Waals surface area contributed by atoms with Gasteiger partial charge < -0.3 is 11.1 Å². The number of hydrogen-bond donors (Lipinski definition) is 2. The van der Waals surface area contributed by atoms with E-state index in [9.17, 15) is 19.7 Å². The molecule has 0 spiro atoms. The summed E-state index contributed by atoms with van der Waals surface area (Å²) in [6.07, 6.45) is 0.527. The molecule has 3 N–H and O–H groups in total. The normalized spacial score (nSPS) is 10.1. The van der Waals surface area contributed by atoms with E-state index in [1.165, 1.54) is 30.3 Å². The van der Waals surface area contributed by atoms with E-state index in [1.54, 1.807) is 12.1 Å². The van der Waals surface area contributed by atoms with Crippen molar-refractivity contribution in [1.82, 2.24) is 0 Å². The Labute approximate surface area is 132 Å². The van der Waals surface area contributed by atoms with Gasteiger partial charge in [0.15, 0.2) is 0 Å². The first-order valence-electron chi connectivity index (χ1n) is 6.91. The quantitative estimate of drug-likeness (QED) is 0.651. The molecule has 118 valence electrons. The molecule has 0 aliphatic rings. The maximum Gasteiger partial charge on any atom is 0.274 e. The number of hydrogen-bond acceptors (Lipinski definition) is 4. The fraction of sp³-hybridized carbons (Fsp3) is 0.125. The number of anilines is 1. The van der Waals surface area contributed by atoms with Gasteiger partial charge in [0.1, 0.15) is 0 Å². The van der Waals surface area contributed by atoms with Crippen molar-refractivity contribution in [2.75, 3.05) is 5.32 Å². The van der Waals surface area contributed by atoms with Gasteiger partial charge in [-0.3, -0.25) is 19.7 Å². The Morgan fingerprint density at radius 1 is 1.13 bits per heavy atom. The third-order valence-corrected chi connectivity index (χ3v) is 3.35. The molecular weight excluding hydrogens is 298 g/mol. The summed E-state index contributed by atoms with van der Waals surface area (Å²) in [6, 6.07) is 10.4. The van der Waals surface area contributed by atoms with Crippen molar-refractivity contribution in [3.63, 3.8) is 0 Å². The van der Waals surface area contributed by atoms with Gasteiger partial charge in [-0.25, -0.2) is 0 Å². The van der Waals surface area contributed by atoms with Crippen LogP contribution in [0.15, 0.2) is 42.5 Å². The van der Waals surface area contributed by atoms with Gasteiger partial charge in [0.05, 0.1) is 4.92 Å². The zero-order valence-electron chi connectivity index (χ0n) is 12.4. The molecule has 0 atom stereocenters. The molecule has 0 saturated carbocycles. The van der Waals surface area contributed by atoms with Crippen molar-refractivity contribution in [3.05, 3.63) is 69.3 Å². The van der Waals surface area contributed by atoms with Gasteiger partial charge in [-0.05, 0) is 36.8 Å². The van der Waals surface area contributed by atoms with Crippen LogP contribution in [0.3, 0.4) is 0 Å². The third-order valence-electron chi connectivity index (χ3n) is 3.35. The topological polar surface area (TPSA) is 115 Å².